The second-order valence-corrected chi connectivity index (χ2v) is 4.41. The van der Waals surface area contributed by atoms with Crippen molar-refractivity contribution in [2.45, 2.75) is 6.92 Å². The zero-order valence-corrected chi connectivity index (χ0v) is 10.6. The third-order valence-corrected chi connectivity index (χ3v) is 2.96. The summed E-state index contributed by atoms with van der Waals surface area (Å²) in [7, 11) is 0. The van der Waals surface area contributed by atoms with E-state index in [2.05, 4.69) is 46.4 Å². The Hall–Kier alpha value is -2.55. The van der Waals surface area contributed by atoms with Crippen molar-refractivity contribution in [1.82, 2.24) is 15.2 Å². The van der Waals surface area contributed by atoms with Crippen molar-refractivity contribution in [1.29, 1.82) is 0 Å². The molecule has 3 aromatic rings. The summed E-state index contributed by atoms with van der Waals surface area (Å²) >= 11 is 0. The minimum absolute atomic E-state index is 0.864. The Kier molecular flexibility index (Phi) is 3.02. The molecule has 2 aromatic heterocycles. The van der Waals surface area contributed by atoms with Gasteiger partial charge in [0.1, 0.15) is 0 Å². The van der Waals surface area contributed by atoms with Gasteiger partial charge in [-0.3, -0.25) is 4.98 Å². The van der Waals surface area contributed by atoms with E-state index in [1.54, 1.807) is 12.4 Å². The first-order chi connectivity index (χ1) is 9.33. The van der Waals surface area contributed by atoms with Crippen LogP contribution in [0, 0.1) is 6.92 Å². The smallest absolute Gasteiger partial charge is 0.0936 e. The average Bonchev–Trinajstić information content (AvgIpc) is 2.49. The lowest BCUT2D eigenvalue weighted by Gasteiger charge is -2.03. The quantitative estimate of drug-likeness (QED) is 0.695. The molecule has 19 heavy (non-hydrogen) atoms. The van der Waals surface area contributed by atoms with E-state index in [0.29, 0.717) is 0 Å². The van der Waals surface area contributed by atoms with Crippen molar-refractivity contribution in [3.05, 3.63) is 66.5 Å². The van der Waals surface area contributed by atoms with Crippen molar-refractivity contribution in [3.63, 3.8) is 0 Å². The molecule has 3 nitrogen and oxygen atoms in total. The molecule has 0 spiro atoms. The van der Waals surface area contributed by atoms with Crippen molar-refractivity contribution in [2.75, 3.05) is 0 Å². The molecule has 0 amide bonds. The van der Waals surface area contributed by atoms with Gasteiger partial charge in [0.25, 0.3) is 0 Å². The van der Waals surface area contributed by atoms with Gasteiger partial charge in [0.05, 0.1) is 17.6 Å². The molecule has 0 N–H and O–H groups in total. The number of rotatable bonds is 2. The minimum atomic E-state index is 0.864. The zero-order valence-electron chi connectivity index (χ0n) is 10.6. The molecule has 0 bridgehead atoms. The third kappa shape index (κ3) is 2.50. The second kappa shape index (κ2) is 4.98. The maximum Gasteiger partial charge on any atom is 0.0936 e. The van der Waals surface area contributed by atoms with Gasteiger partial charge in [0, 0.05) is 17.3 Å². The molecule has 0 aliphatic rings. The molecule has 0 unspecified atom stereocenters. The Morgan fingerprint density at radius 2 is 1.68 bits per heavy atom. The topological polar surface area (TPSA) is 38.7 Å². The van der Waals surface area contributed by atoms with Crippen LogP contribution in [0.15, 0.2) is 60.9 Å². The van der Waals surface area contributed by atoms with Gasteiger partial charge in [-0.2, -0.15) is 10.2 Å². The first-order valence-corrected chi connectivity index (χ1v) is 6.14. The largest absolute Gasteiger partial charge is 0.256 e. The predicted molar refractivity (Wildman–Crippen MR) is 75.4 cm³/mol. The van der Waals surface area contributed by atoms with Gasteiger partial charge in [-0.1, -0.05) is 35.9 Å². The fourth-order valence-electron chi connectivity index (χ4n) is 1.91. The number of aryl methyl sites for hydroxylation is 1. The molecule has 0 saturated carbocycles. The number of nitrogens with zero attached hydrogens (tertiary/aromatic N) is 3. The molecule has 1 aromatic carbocycles. The Morgan fingerprint density at radius 3 is 2.42 bits per heavy atom. The molecular weight excluding hydrogens is 234 g/mol. The van der Waals surface area contributed by atoms with Gasteiger partial charge < -0.3 is 0 Å². The van der Waals surface area contributed by atoms with Crippen molar-refractivity contribution in [3.8, 4) is 22.5 Å². The van der Waals surface area contributed by atoms with Crippen molar-refractivity contribution in [2.24, 2.45) is 0 Å². The maximum absolute atomic E-state index is 4.33. The minimum Gasteiger partial charge on any atom is -0.256 e. The second-order valence-electron chi connectivity index (χ2n) is 4.41. The molecule has 2 heterocycles. The Morgan fingerprint density at radius 1 is 0.842 bits per heavy atom. The molecule has 0 saturated heterocycles. The molecule has 92 valence electrons. The number of benzene rings is 1. The van der Waals surface area contributed by atoms with Crippen LogP contribution in [0.25, 0.3) is 22.5 Å². The van der Waals surface area contributed by atoms with Crippen LogP contribution in [-0.4, -0.2) is 15.2 Å². The molecular formula is C16H13N3. The molecule has 0 atom stereocenters. The summed E-state index contributed by atoms with van der Waals surface area (Å²) in [6, 6.07) is 16.1. The third-order valence-electron chi connectivity index (χ3n) is 2.96. The molecule has 0 fully saturated rings. The van der Waals surface area contributed by atoms with Crippen LogP contribution in [0.4, 0.5) is 0 Å². The lowest BCUT2D eigenvalue weighted by molar-refractivity contribution is 1.04. The van der Waals surface area contributed by atoms with Crippen LogP contribution in [0.1, 0.15) is 5.56 Å². The number of hydrogen-bond donors (Lipinski definition) is 0. The highest BCUT2D eigenvalue weighted by Gasteiger charge is 2.04. The van der Waals surface area contributed by atoms with E-state index in [0.717, 1.165) is 22.5 Å². The number of hydrogen-bond acceptors (Lipinski definition) is 3. The van der Waals surface area contributed by atoms with Crippen LogP contribution < -0.4 is 0 Å². The molecule has 3 rings (SSSR count). The number of pyridine rings is 1. The summed E-state index contributed by atoms with van der Waals surface area (Å²) in [4.78, 5) is 4.33. The first kappa shape index (κ1) is 11.5. The van der Waals surface area contributed by atoms with E-state index in [-0.39, 0.29) is 0 Å². The van der Waals surface area contributed by atoms with E-state index in [4.69, 9.17) is 0 Å². The highest BCUT2D eigenvalue weighted by atomic mass is 15.1. The van der Waals surface area contributed by atoms with Gasteiger partial charge in [-0.25, -0.2) is 0 Å². The van der Waals surface area contributed by atoms with E-state index in [9.17, 15) is 0 Å². The van der Waals surface area contributed by atoms with Gasteiger partial charge in [-0.05, 0) is 25.1 Å². The van der Waals surface area contributed by atoms with Crippen molar-refractivity contribution >= 4 is 0 Å². The van der Waals surface area contributed by atoms with Crippen molar-refractivity contribution < 1.29 is 0 Å². The first-order valence-electron chi connectivity index (χ1n) is 6.14. The highest BCUT2D eigenvalue weighted by Crippen LogP contribution is 2.22. The lowest BCUT2D eigenvalue weighted by atomic mass is 10.1. The van der Waals surface area contributed by atoms with Crippen LogP contribution in [-0.2, 0) is 0 Å². The SMILES string of the molecule is Cc1ccc(-c2cc(-c3ccccn3)cnn2)cc1. The van der Waals surface area contributed by atoms with Crippen LogP contribution in [0.5, 0.6) is 0 Å². The molecule has 0 radical (unpaired) electrons. The van der Waals surface area contributed by atoms with Gasteiger partial charge in [-0.15, -0.1) is 0 Å². The summed E-state index contributed by atoms with van der Waals surface area (Å²) in [5, 5.41) is 8.26. The van der Waals surface area contributed by atoms with Crippen LogP contribution in [0.2, 0.25) is 0 Å². The van der Waals surface area contributed by atoms with Crippen LogP contribution in [0.3, 0.4) is 0 Å². The molecule has 3 heteroatoms. The lowest BCUT2D eigenvalue weighted by Crippen LogP contribution is -1.90. The Bertz CT molecular complexity index is 676. The summed E-state index contributed by atoms with van der Waals surface area (Å²) in [5.74, 6) is 0. The summed E-state index contributed by atoms with van der Waals surface area (Å²) in [6.45, 7) is 2.07. The van der Waals surface area contributed by atoms with Crippen LogP contribution >= 0.6 is 0 Å². The normalized spacial score (nSPS) is 10.4. The van der Waals surface area contributed by atoms with E-state index < -0.39 is 0 Å². The highest BCUT2D eigenvalue weighted by molar-refractivity contribution is 5.67. The molecule has 0 aliphatic carbocycles. The Balaban J connectivity index is 2.03. The maximum atomic E-state index is 4.33. The fourth-order valence-corrected chi connectivity index (χ4v) is 1.91. The predicted octanol–water partition coefficient (Wildman–Crippen LogP) is 3.51. The Labute approximate surface area is 112 Å². The fraction of sp³-hybridized carbons (Fsp3) is 0.0625. The summed E-state index contributed by atoms with van der Waals surface area (Å²) < 4.78 is 0. The standard InChI is InChI=1S/C16H13N3/c1-12-5-7-13(8-6-12)16-10-14(11-18-19-16)15-4-2-3-9-17-15/h2-11H,1H3. The van der Waals surface area contributed by atoms with E-state index >= 15 is 0 Å². The average molecular weight is 247 g/mol. The van der Waals surface area contributed by atoms with Gasteiger partial charge >= 0.3 is 0 Å². The molecule has 0 aliphatic heterocycles. The van der Waals surface area contributed by atoms with E-state index in [1.165, 1.54) is 5.56 Å². The monoisotopic (exact) mass is 247 g/mol. The zero-order chi connectivity index (χ0) is 13.1. The summed E-state index contributed by atoms with van der Waals surface area (Å²) in [6.07, 6.45) is 3.52. The van der Waals surface area contributed by atoms with E-state index in [1.807, 2.05) is 24.3 Å². The summed E-state index contributed by atoms with van der Waals surface area (Å²) in [5.41, 5.74) is 5.05. The van der Waals surface area contributed by atoms with Gasteiger partial charge in [0.15, 0.2) is 0 Å². The number of aromatic nitrogens is 3. The van der Waals surface area contributed by atoms with Gasteiger partial charge in [0.2, 0.25) is 0 Å².